The Hall–Kier alpha value is -1.84. The van der Waals surface area contributed by atoms with Gasteiger partial charge in [0.15, 0.2) is 0 Å². The van der Waals surface area contributed by atoms with Crippen LogP contribution in [0.4, 0.5) is 5.69 Å². The maximum absolute atomic E-state index is 7.31. The van der Waals surface area contributed by atoms with E-state index in [-0.39, 0.29) is 0 Å². The smallest absolute Gasteiger partial charge is 0.0693 e. The fourth-order valence-electron chi connectivity index (χ4n) is 1.11. The van der Waals surface area contributed by atoms with Gasteiger partial charge in [0.1, 0.15) is 0 Å². The molecule has 4 heteroatoms. The molecular formula is C9H9N4. The summed E-state index contributed by atoms with van der Waals surface area (Å²) in [5.41, 5.74) is 8.96. The van der Waals surface area contributed by atoms with Crippen molar-refractivity contribution in [2.24, 2.45) is 0 Å². The molecule has 1 aromatic carbocycles. The molecule has 2 rings (SSSR count). The van der Waals surface area contributed by atoms with Gasteiger partial charge < -0.3 is 5.73 Å². The van der Waals surface area contributed by atoms with E-state index in [2.05, 4.69) is 10.3 Å². The molecule has 4 nitrogen and oxygen atoms in total. The average molecular weight is 173 g/mol. The number of nitrogens with one attached hydrogen (secondary N) is 1. The van der Waals surface area contributed by atoms with Crippen LogP contribution in [-0.2, 0) is 6.54 Å². The Labute approximate surface area is 76.0 Å². The van der Waals surface area contributed by atoms with Crippen molar-refractivity contribution in [3.63, 3.8) is 0 Å². The lowest BCUT2D eigenvalue weighted by Crippen LogP contribution is -1.99. The van der Waals surface area contributed by atoms with Crippen LogP contribution in [0.3, 0.4) is 0 Å². The van der Waals surface area contributed by atoms with Crippen LogP contribution < -0.4 is 5.73 Å². The van der Waals surface area contributed by atoms with Crippen molar-refractivity contribution in [3.05, 3.63) is 42.2 Å². The molecule has 1 aromatic heterocycles. The molecule has 0 bridgehead atoms. The minimum absolute atomic E-state index is 0.530. The molecule has 0 amide bonds. The second-order valence-corrected chi connectivity index (χ2v) is 2.80. The number of hydrogen-bond donors (Lipinski definition) is 0. The van der Waals surface area contributed by atoms with E-state index in [1.165, 1.54) is 0 Å². The highest BCUT2D eigenvalue weighted by Gasteiger charge is 1.94. The predicted molar refractivity (Wildman–Crippen MR) is 48.3 cm³/mol. The zero-order valence-corrected chi connectivity index (χ0v) is 7.01. The zero-order valence-electron chi connectivity index (χ0n) is 7.01. The van der Waals surface area contributed by atoms with Crippen LogP contribution in [0.1, 0.15) is 5.56 Å². The van der Waals surface area contributed by atoms with Gasteiger partial charge in [-0.1, -0.05) is 17.3 Å². The predicted octanol–water partition coefficient (Wildman–Crippen LogP) is 1.24. The quantitative estimate of drug-likeness (QED) is 0.686. The van der Waals surface area contributed by atoms with Gasteiger partial charge in [-0.2, -0.15) is 0 Å². The van der Waals surface area contributed by atoms with Crippen molar-refractivity contribution < 1.29 is 0 Å². The molecule has 2 aromatic rings. The Kier molecular flexibility index (Phi) is 1.96. The molecule has 0 saturated carbocycles. The fourth-order valence-corrected chi connectivity index (χ4v) is 1.11. The van der Waals surface area contributed by atoms with Gasteiger partial charge in [0.2, 0.25) is 0 Å². The zero-order chi connectivity index (χ0) is 9.10. The third-order valence-electron chi connectivity index (χ3n) is 1.77. The number of hydrogen-bond acceptors (Lipinski definition) is 2. The van der Waals surface area contributed by atoms with E-state index >= 15 is 0 Å². The normalized spacial score (nSPS) is 10.2. The van der Waals surface area contributed by atoms with E-state index < -0.39 is 0 Å². The van der Waals surface area contributed by atoms with E-state index in [0.717, 1.165) is 5.56 Å². The molecular weight excluding hydrogens is 164 g/mol. The molecule has 1 heterocycles. The Balaban J connectivity index is 2.15. The van der Waals surface area contributed by atoms with Gasteiger partial charge in [0.25, 0.3) is 0 Å². The maximum atomic E-state index is 7.31. The van der Waals surface area contributed by atoms with Crippen LogP contribution in [0, 0.1) is 0 Å². The summed E-state index contributed by atoms with van der Waals surface area (Å²) in [6, 6.07) is 7.38. The highest BCUT2D eigenvalue weighted by molar-refractivity contribution is 5.35. The molecule has 0 atom stereocenters. The SMILES string of the molecule is [NH]c1ccc(Cn2ccnn2)cc1. The largest absolute Gasteiger partial charge is 0.301 e. The van der Waals surface area contributed by atoms with Gasteiger partial charge in [-0.15, -0.1) is 5.10 Å². The van der Waals surface area contributed by atoms with Crippen molar-refractivity contribution in [2.45, 2.75) is 6.54 Å². The van der Waals surface area contributed by atoms with Crippen LogP contribution in [0.5, 0.6) is 0 Å². The van der Waals surface area contributed by atoms with E-state index in [1.807, 2.05) is 18.3 Å². The van der Waals surface area contributed by atoms with Crippen LogP contribution in [0.15, 0.2) is 36.7 Å². The van der Waals surface area contributed by atoms with E-state index in [1.54, 1.807) is 23.0 Å². The lowest BCUT2D eigenvalue weighted by atomic mass is 10.2. The summed E-state index contributed by atoms with van der Waals surface area (Å²) in [5.74, 6) is 0. The average Bonchev–Trinajstić information content (AvgIpc) is 2.62. The summed E-state index contributed by atoms with van der Waals surface area (Å²) in [4.78, 5) is 0. The fraction of sp³-hybridized carbons (Fsp3) is 0.111. The highest BCUT2D eigenvalue weighted by Crippen LogP contribution is 2.07. The lowest BCUT2D eigenvalue weighted by Gasteiger charge is -2.00. The van der Waals surface area contributed by atoms with Gasteiger partial charge in [0, 0.05) is 6.20 Å². The lowest BCUT2D eigenvalue weighted by molar-refractivity contribution is 0.650. The molecule has 65 valence electrons. The molecule has 13 heavy (non-hydrogen) atoms. The summed E-state index contributed by atoms with van der Waals surface area (Å²) < 4.78 is 1.75. The van der Waals surface area contributed by atoms with Crippen molar-refractivity contribution in [1.29, 1.82) is 0 Å². The van der Waals surface area contributed by atoms with Crippen molar-refractivity contribution in [2.75, 3.05) is 0 Å². The molecule has 0 aliphatic rings. The number of nitrogens with zero attached hydrogens (tertiary/aromatic N) is 3. The monoisotopic (exact) mass is 173 g/mol. The Morgan fingerprint density at radius 2 is 2.00 bits per heavy atom. The van der Waals surface area contributed by atoms with Crippen LogP contribution >= 0.6 is 0 Å². The highest BCUT2D eigenvalue weighted by atomic mass is 15.4. The van der Waals surface area contributed by atoms with Gasteiger partial charge in [0.05, 0.1) is 18.4 Å². The second kappa shape index (κ2) is 3.26. The van der Waals surface area contributed by atoms with Gasteiger partial charge >= 0.3 is 0 Å². The van der Waals surface area contributed by atoms with Crippen LogP contribution in [0.25, 0.3) is 0 Å². The van der Waals surface area contributed by atoms with Gasteiger partial charge in [-0.25, -0.2) is 4.68 Å². The molecule has 0 fully saturated rings. The van der Waals surface area contributed by atoms with Crippen LogP contribution in [0.2, 0.25) is 0 Å². The second-order valence-electron chi connectivity index (χ2n) is 2.80. The topological polar surface area (TPSA) is 54.5 Å². The first-order valence-corrected chi connectivity index (χ1v) is 3.99. The summed E-state index contributed by atoms with van der Waals surface area (Å²) in [6.07, 6.45) is 3.47. The third-order valence-corrected chi connectivity index (χ3v) is 1.77. The number of aromatic nitrogens is 3. The standard InChI is InChI=1S/C9H9N4/c10-9-3-1-8(2-4-9)7-13-6-5-11-12-13/h1-6,10H,7H2. The first-order valence-electron chi connectivity index (χ1n) is 3.99. The van der Waals surface area contributed by atoms with Gasteiger partial charge in [-0.05, 0) is 17.7 Å². The third kappa shape index (κ3) is 1.84. The van der Waals surface area contributed by atoms with E-state index in [0.29, 0.717) is 12.2 Å². The van der Waals surface area contributed by atoms with E-state index in [9.17, 15) is 0 Å². The molecule has 1 radical (unpaired) electrons. The molecule has 1 N–H and O–H groups in total. The summed E-state index contributed by atoms with van der Waals surface area (Å²) in [7, 11) is 0. The van der Waals surface area contributed by atoms with E-state index in [4.69, 9.17) is 5.73 Å². The summed E-state index contributed by atoms with van der Waals surface area (Å²) in [5, 5.41) is 7.57. The van der Waals surface area contributed by atoms with Crippen molar-refractivity contribution >= 4 is 5.69 Å². The molecule has 0 aliphatic heterocycles. The first kappa shape index (κ1) is 7.79. The summed E-state index contributed by atoms with van der Waals surface area (Å²) in [6.45, 7) is 0.709. The minimum Gasteiger partial charge on any atom is -0.301 e. The Morgan fingerprint density at radius 1 is 1.23 bits per heavy atom. The van der Waals surface area contributed by atoms with Crippen molar-refractivity contribution in [1.82, 2.24) is 20.7 Å². The molecule has 0 unspecified atom stereocenters. The molecule has 0 saturated heterocycles. The first-order chi connectivity index (χ1) is 6.34. The minimum atomic E-state index is 0.530. The Bertz CT molecular complexity index is 363. The van der Waals surface area contributed by atoms with Gasteiger partial charge in [-0.3, -0.25) is 0 Å². The Morgan fingerprint density at radius 3 is 2.62 bits per heavy atom. The van der Waals surface area contributed by atoms with Crippen molar-refractivity contribution in [3.8, 4) is 0 Å². The number of rotatable bonds is 2. The molecule has 0 spiro atoms. The summed E-state index contributed by atoms with van der Waals surface area (Å²) >= 11 is 0. The molecule has 0 aliphatic carbocycles. The number of benzene rings is 1. The maximum Gasteiger partial charge on any atom is 0.0693 e. The van der Waals surface area contributed by atoms with Crippen LogP contribution in [-0.4, -0.2) is 15.0 Å².